The van der Waals surface area contributed by atoms with Crippen molar-refractivity contribution < 1.29 is 14.0 Å². The van der Waals surface area contributed by atoms with Crippen LogP contribution in [0.25, 0.3) is 11.1 Å². The fourth-order valence-electron chi connectivity index (χ4n) is 4.87. The van der Waals surface area contributed by atoms with Crippen LogP contribution in [0.15, 0.2) is 91.0 Å². The van der Waals surface area contributed by atoms with Gasteiger partial charge in [0.05, 0.1) is 0 Å². The molecule has 6 heteroatoms. The fourth-order valence-corrected chi connectivity index (χ4v) is 4.87. The van der Waals surface area contributed by atoms with Gasteiger partial charge in [-0.05, 0) is 77.1 Å². The Hall–Kier alpha value is -4.45. The Morgan fingerprint density at radius 3 is 2.49 bits per heavy atom. The lowest BCUT2D eigenvalue weighted by Gasteiger charge is -2.32. The van der Waals surface area contributed by atoms with Crippen LogP contribution in [0.5, 0.6) is 0 Å². The highest BCUT2D eigenvalue weighted by Crippen LogP contribution is 2.30. The summed E-state index contributed by atoms with van der Waals surface area (Å²) < 4.78 is 13.4. The summed E-state index contributed by atoms with van der Waals surface area (Å²) in [5, 5.41) is 2.88. The second-order valence-corrected chi connectivity index (χ2v) is 9.29. The third kappa shape index (κ3) is 5.54. The number of benzene rings is 4. The summed E-state index contributed by atoms with van der Waals surface area (Å²) in [5.41, 5.74) is 12.6. The lowest BCUT2D eigenvalue weighted by molar-refractivity contribution is 0.0949. The number of halogens is 1. The number of carbonyl (C=O) groups excluding carboxylic acids is 2. The van der Waals surface area contributed by atoms with E-state index in [2.05, 4.69) is 22.3 Å². The first-order chi connectivity index (χ1) is 18.0. The number of primary amides is 1. The second-order valence-electron chi connectivity index (χ2n) is 9.29. The molecule has 4 aromatic carbocycles. The molecule has 0 fully saturated rings. The third-order valence-electron chi connectivity index (χ3n) is 6.73. The summed E-state index contributed by atoms with van der Waals surface area (Å²) in [7, 11) is 0. The molecule has 0 saturated heterocycles. The highest BCUT2D eigenvalue weighted by molar-refractivity contribution is 5.99. The van der Waals surface area contributed by atoms with E-state index in [1.54, 1.807) is 18.2 Å². The highest BCUT2D eigenvalue weighted by Gasteiger charge is 2.19. The standard InChI is InChI=1S/C31H28FN3O2/c32-26-7-3-5-22(17-26)19-34-31(37)25-14-15-29-24(18-25)6-4-16-35(29)20-21-10-12-23(13-11-21)27-8-1-2-9-28(27)30(33)36/h1-3,5,7-15,17-18H,4,6,16,19-20H2,(H2,33,36)(H,34,37). The number of hydrogen-bond donors (Lipinski definition) is 2. The van der Waals surface area contributed by atoms with Crippen LogP contribution in [0.4, 0.5) is 10.1 Å². The molecule has 2 amide bonds. The number of hydrogen-bond acceptors (Lipinski definition) is 3. The van der Waals surface area contributed by atoms with Gasteiger partial charge < -0.3 is 16.0 Å². The first kappa shape index (κ1) is 24.3. The molecule has 1 aliphatic heterocycles. The van der Waals surface area contributed by atoms with Crippen LogP contribution in [0.1, 0.15) is 43.8 Å². The van der Waals surface area contributed by atoms with Crippen LogP contribution in [0.3, 0.4) is 0 Å². The molecule has 0 aliphatic carbocycles. The minimum Gasteiger partial charge on any atom is -0.367 e. The minimum absolute atomic E-state index is 0.170. The third-order valence-corrected chi connectivity index (χ3v) is 6.73. The second kappa shape index (κ2) is 10.7. The normalized spacial score (nSPS) is 12.6. The van der Waals surface area contributed by atoms with Crippen LogP contribution in [-0.2, 0) is 19.5 Å². The molecule has 0 spiro atoms. The maximum absolute atomic E-state index is 13.4. The van der Waals surface area contributed by atoms with E-state index in [1.165, 1.54) is 12.1 Å². The van der Waals surface area contributed by atoms with E-state index in [-0.39, 0.29) is 18.3 Å². The number of fused-ring (bicyclic) bond motifs is 1. The Kier molecular flexibility index (Phi) is 6.99. The summed E-state index contributed by atoms with van der Waals surface area (Å²) in [6.07, 6.45) is 1.92. The minimum atomic E-state index is -0.438. The van der Waals surface area contributed by atoms with Crippen LogP contribution in [-0.4, -0.2) is 18.4 Å². The van der Waals surface area contributed by atoms with Gasteiger partial charge in [0, 0.05) is 36.4 Å². The zero-order valence-electron chi connectivity index (χ0n) is 20.4. The van der Waals surface area contributed by atoms with E-state index in [9.17, 15) is 14.0 Å². The molecule has 0 aromatic heterocycles. The Balaban J connectivity index is 1.28. The Morgan fingerprint density at radius 2 is 1.70 bits per heavy atom. The van der Waals surface area contributed by atoms with Crippen molar-refractivity contribution >= 4 is 17.5 Å². The molecule has 0 saturated carbocycles. The van der Waals surface area contributed by atoms with E-state index in [1.807, 2.05) is 48.5 Å². The van der Waals surface area contributed by atoms with Gasteiger partial charge in [-0.3, -0.25) is 9.59 Å². The van der Waals surface area contributed by atoms with E-state index < -0.39 is 5.91 Å². The van der Waals surface area contributed by atoms with Crippen molar-refractivity contribution in [3.63, 3.8) is 0 Å². The van der Waals surface area contributed by atoms with Gasteiger partial charge in [0.2, 0.25) is 5.91 Å². The zero-order valence-corrected chi connectivity index (χ0v) is 20.4. The van der Waals surface area contributed by atoms with Crippen molar-refractivity contribution in [1.82, 2.24) is 5.32 Å². The number of nitrogens with one attached hydrogen (secondary N) is 1. The van der Waals surface area contributed by atoms with Crippen LogP contribution in [0.2, 0.25) is 0 Å². The van der Waals surface area contributed by atoms with Crippen molar-refractivity contribution in [2.75, 3.05) is 11.4 Å². The molecule has 5 rings (SSSR count). The predicted octanol–water partition coefficient (Wildman–Crippen LogP) is 5.47. The maximum Gasteiger partial charge on any atom is 0.251 e. The molecule has 0 bridgehead atoms. The lowest BCUT2D eigenvalue weighted by Crippen LogP contribution is -2.29. The predicted molar refractivity (Wildman–Crippen MR) is 144 cm³/mol. The van der Waals surface area contributed by atoms with Gasteiger partial charge in [0.1, 0.15) is 5.82 Å². The molecular formula is C31H28FN3O2. The van der Waals surface area contributed by atoms with Crippen LogP contribution in [0, 0.1) is 5.82 Å². The van der Waals surface area contributed by atoms with E-state index >= 15 is 0 Å². The number of carbonyl (C=O) groups is 2. The number of aryl methyl sites for hydroxylation is 1. The van der Waals surface area contributed by atoms with Gasteiger partial charge in [-0.15, -0.1) is 0 Å². The highest BCUT2D eigenvalue weighted by atomic mass is 19.1. The number of nitrogens with two attached hydrogens (primary N) is 1. The van der Waals surface area contributed by atoms with Gasteiger partial charge in [-0.1, -0.05) is 54.6 Å². The first-order valence-electron chi connectivity index (χ1n) is 12.4. The number of nitrogens with zero attached hydrogens (tertiary/aromatic N) is 1. The van der Waals surface area contributed by atoms with Crippen LogP contribution < -0.4 is 16.0 Å². The lowest BCUT2D eigenvalue weighted by atomic mass is 9.97. The zero-order chi connectivity index (χ0) is 25.8. The molecule has 4 aromatic rings. The summed E-state index contributed by atoms with van der Waals surface area (Å²) in [6.45, 7) is 1.96. The van der Waals surface area contributed by atoms with Crippen molar-refractivity contribution in [1.29, 1.82) is 0 Å². The Morgan fingerprint density at radius 1 is 0.892 bits per heavy atom. The number of amides is 2. The van der Waals surface area contributed by atoms with Gasteiger partial charge in [-0.25, -0.2) is 4.39 Å². The largest absolute Gasteiger partial charge is 0.367 e. The van der Waals surface area contributed by atoms with E-state index in [0.717, 1.165) is 59.4 Å². The smallest absolute Gasteiger partial charge is 0.251 e. The average molecular weight is 494 g/mol. The summed E-state index contributed by atoms with van der Waals surface area (Å²) in [5.74, 6) is -0.923. The van der Waals surface area contributed by atoms with Gasteiger partial charge >= 0.3 is 0 Å². The molecule has 1 aliphatic rings. The maximum atomic E-state index is 13.4. The summed E-state index contributed by atoms with van der Waals surface area (Å²) in [4.78, 5) is 26.9. The molecule has 5 nitrogen and oxygen atoms in total. The van der Waals surface area contributed by atoms with Crippen molar-refractivity contribution in [3.05, 3.63) is 125 Å². The van der Waals surface area contributed by atoms with Crippen molar-refractivity contribution in [2.24, 2.45) is 5.73 Å². The van der Waals surface area contributed by atoms with Gasteiger partial charge in [0.25, 0.3) is 5.91 Å². The molecule has 0 atom stereocenters. The van der Waals surface area contributed by atoms with Crippen molar-refractivity contribution in [2.45, 2.75) is 25.9 Å². The summed E-state index contributed by atoms with van der Waals surface area (Å²) in [6, 6.07) is 27.6. The summed E-state index contributed by atoms with van der Waals surface area (Å²) >= 11 is 0. The fraction of sp³-hybridized carbons (Fsp3) is 0.161. The monoisotopic (exact) mass is 493 g/mol. The van der Waals surface area contributed by atoms with E-state index in [0.29, 0.717) is 11.1 Å². The van der Waals surface area contributed by atoms with Gasteiger partial charge in [-0.2, -0.15) is 0 Å². The molecule has 0 unspecified atom stereocenters. The van der Waals surface area contributed by atoms with Crippen molar-refractivity contribution in [3.8, 4) is 11.1 Å². The molecule has 37 heavy (non-hydrogen) atoms. The topological polar surface area (TPSA) is 75.4 Å². The Bertz CT molecular complexity index is 1450. The van der Waals surface area contributed by atoms with E-state index in [4.69, 9.17) is 5.73 Å². The Labute approximate surface area is 215 Å². The van der Waals surface area contributed by atoms with Crippen LogP contribution >= 0.6 is 0 Å². The quantitative estimate of drug-likeness (QED) is 0.358. The average Bonchev–Trinajstić information content (AvgIpc) is 2.92. The molecule has 186 valence electrons. The number of rotatable bonds is 7. The molecule has 3 N–H and O–H groups in total. The molecule has 1 heterocycles. The molecular weight excluding hydrogens is 465 g/mol. The number of anilines is 1. The van der Waals surface area contributed by atoms with Gasteiger partial charge in [0.15, 0.2) is 0 Å². The first-order valence-corrected chi connectivity index (χ1v) is 12.4. The molecule has 0 radical (unpaired) electrons. The SMILES string of the molecule is NC(=O)c1ccccc1-c1ccc(CN2CCCc3cc(C(=O)NCc4cccc(F)c4)ccc32)cc1.